The van der Waals surface area contributed by atoms with Crippen LogP contribution in [0, 0.1) is 5.41 Å². The van der Waals surface area contributed by atoms with E-state index in [0.29, 0.717) is 11.4 Å². The Morgan fingerprint density at radius 3 is 2.79 bits per heavy atom. The van der Waals surface area contributed by atoms with Gasteiger partial charge in [-0.15, -0.1) is 11.3 Å². The highest BCUT2D eigenvalue weighted by Gasteiger charge is 2.49. The molecule has 2 amide bonds. The van der Waals surface area contributed by atoms with Gasteiger partial charge in [0.25, 0.3) is 5.91 Å². The molecule has 2 aromatic rings. The molecule has 126 valence electrons. The van der Waals surface area contributed by atoms with Gasteiger partial charge in [0.1, 0.15) is 0 Å². The van der Waals surface area contributed by atoms with E-state index in [-0.39, 0.29) is 23.3 Å². The number of nitrogens with one attached hydrogen (secondary N) is 1. The molecule has 1 N–H and O–H groups in total. The SMILES string of the molecule is CC(=O)NCc1ccc(C(=O)N2CC(C)(C)C2c2cccnc2)s1. The van der Waals surface area contributed by atoms with Crippen LogP contribution in [0.25, 0.3) is 0 Å². The first-order chi connectivity index (χ1) is 11.4. The van der Waals surface area contributed by atoms with E-state index in [1.807, 2.05) is 35.4 Å². The summed E-state index contributed by atoms with van der Waals surface area (Å²) in [5.41, 5.74) is 1.10. The van der Waals surface area contributed by atoms with Gasteiger partial charge in [0.15, 0.2) is 0 Å². The second-order valence-corrected chi connectivity index (χ2v) is 7.95. The first-order valence-electron chi connectivity index (χ1n) is 7.92. The molecule has 1 saturated heterocycles. The number of hydrogen-bond acceptors (Lipinski definition) is 4. The number of aromatic nitrogens is 1. The van der Waals surface area contributed by atoms with E-state index < -0.39 is 0 Å². The third-order valence-electron chi connectivity index (χ3n) is 4.27. The average Bonchev–Trinajstić information content (AvgIpc) is 3.00. The molecule has 0 spiro atoms. The van der Waals surface area contributed by atoms with Crippen LogP contribution in [0.4, 0.5) is 0 Å². The van der Waals surface area contributed by atoms with Crippen molar-refractivity contribution in [1.29, 1.82) is 0 Å². The van der Waals surface area contributed by atoms with Gasteiger partial charge in [0, 0.05) is 36.2 Å². The van der Waals surface area contributed by atoms with Gasteiger partial charge >= 0.3 is 0 Å². The van der Waals surface area contributed by atoms with Crippen LogP contribution in [-0.4, -0.2) is 28.2 Å². The van der Waals surface area contributed by atoms with Gasteiger partial charge in [-0.3, -0.25) is 14.6 Å². The number of nitrogens with zero attached hydrogens (tertiary/aromatic N) is 2. The van der Waals surface area contributed by atoms with Crippen molar-refractivity contribution in [3.8, 4) is 0 Å². The molecule has 1 atom stereocenters. The number of amides is 2. The molecule has 1 aliphatic heterocycles. The zero-order chi connectivity index (χ0) is 17.3. The molecular weight excluding hydrogens is 322 g/mol. The number of likely N-dealkylation sites (tertiary alicyclic amines) is 1. The highest BCUT2D eigenvalue weighted by atomic mass is 32.1. The number of pyridine rings is 1. The minimum atomic E-state index is -0.0718. The van der Waals surface area contributed by atoms with Gasteiger partial charge in [-0.1, -0.05) is 19.9 Å². The second kappa shape index (κ2) is 6.36. The zero-order valence-electron chi connectivity index (χ0n) is 14.1. The van der Waals surface area contributed by atoms with Crippen LogP contribution in [0.15, 0.2) is 36.7 Å². The maximum absolute atomic E-state index is 12.9. The van der Waals surface area contributed by atoms with Crippen LogP contribution in [0.1, 0.15) is 46.9 Å². The van der Waals surface area contributed by atoms with Crippen LogP contribution in [-0.2, 0) is 11.3 Å². The summed E-state index contributed by atoms with van der Waals surface area (Å²) in [6, 6.07) is 7.71. The number of rotatable bonds is 4. The van der Waals surface area contributed by atoms with E-state index in [4.69, 9.17) is 0 Å². The predicted octanol–water partition coefficient (Wildman–Crippen LogP) is 3.00. The number of thiophene rings is 1. The Labute approximate surface area is 145 Å². The smallest absolute Gasteiger partial charge is 0.264 e. The van der Waals surface area contributed by atoms with E-state index in [0.717, 1.165) is 17.0 Å². The van der Waals surface area contributed by atoms with Crippen molar-refractivity contribution in [3.63, 3.8) is 0 Å². The summed E-state index contributed by atoms with van der Waals surface area (Å²) in [5, 5.41) is 2.76. The third kappa shape index (κ3) is 3.19. The molecule has 0 aliphatic carbocycles. The summed E-state index contributed by atoms with van der Waals surface area (Å²) in [6.45, 7) is 7.02. The number of carbonyl (C=O) groups excluding carboxylic acids is 2. The minimum Gasteiger partial charge on any atom is -0.351 e. The number of carbonyl (C=O) groups is 2. The highest BCUT2D eigenvalue weighted by molar-refractivity contribution is 7.14. The zero-order valence-corrected chi connectivity index (χ0v) is 14.9. The molecule has 0 bridgehead atoms. The Kier molecular flexibility index (Phi) is 4.41. The Hall–Kier alpha value is -2.21. The molecule has 0 aromatic carbocycles. The number of hydrogen-bond donors (Lipinski definition) is 1. The van der Waals surface area contributed by atoms with Crippen molar-refractivity contribution in [2.24, 2.45) is 5.41 Å². The summed E-state index contributed by atoms with van der Waals surface area (Å²) in [4.78, 5) is 31.7. The monoisotopic (exact) mass is 343 g/mol. The maximum atomic E-state index is 12.9. The predicted molar refractivity (Wildman–Crippen MR) is 93.6 cm³/mol. The standard InChI is InChI=1S/C18H21N3O2S/c1-12(22)20-10-14-6-7-15(24-14)17(23)21-11-18(2,3)16(21)13-5-4-8-19-9-13/h4-9,16H,10-11H2,1-3H3,(H,20,22). The fourth-order valence-electron chi connectivity index (χ4n) is 3.23. The van der Waals surface area contributed by atoms with Crippen molar-refractivity contribution in [2.45, 2.75) is 33.4 Å². The lowest BCUT2D eigenvalue weighted by molar-refractivity contribution is -0.119. The van der Waals surface area contributed by atoms with Crippen molar-refractivity contribution in [1.82, 2.24) is 15.2 Å². The normalized spacial score (nSPS) is 18.8. The topological polar surface area (TPSA) is 62.3 Å². The van der Waals surface area contributed by atoms with Crippen LogP contribution >= 0.6 is 11.3 Å². The van der Waals surface area contributed by atoms with E-state index in [1.54, 1.807) is 6.20 Å². The quantitative estimate of drug-likeness (QED) is 0.928. The first-order valence-corrected chi connectivity index (χ1v) is 8.74. The summed E-state index contributed by atoms with van der Waals surface area (Å²) in [6.07, 6.45) is 3.58. The van der Waals surface area contributed by atoms with Crippen LogP contribution < -0.4 is 5.32 Å². The van der Waals surface area contributed by atoms with Crippen molar-refractivity contribution < 1.29 is 9.59 Å². The Morgan fingerprint density at radius 2 is 2.17 bits per heavy atom. The minimum absolute atomic E-state index is 0.0367. The van der Waals surface area contributed by atoms with Gasteiger partial charge in [0.2, 0.25) is 5.91 Å². The molecule has 0 radical (unpaired) electrons. The van der Waals surface area contributed by atoms with Crippen molar-refractivity contribution in [2.75, 3.05) is 6.54 Å². The molecular formula is C18H21N3O2S. The molecule has 3 heterocycles. The molecule has 1 aliphatic rings. The van der Waals surface area contributed by atoms with Crippen molar-refractivity contribution >= 4 is 23.2 Å². The first kappa shape index (κ1) is 16.6. The van der Waals surface area contributed by atoms with Gasteiger partial charge in [-0.2, -0.15) is 0 Å². The maximum Gasteiger partial charge on any atom is 0.264 e. The van der Waals surface area contributed by atoms with Crippen LogP contribution in [0.3, 0.4) is 0 Å². The average molecular weight is 343 g/mol. The van der Waals surface area contributed by atoms with E-state index >= 15 is 0 Å². The molecule has 6 heteroatoms. The molecule has 0 saturated carbocycles. The lowest BCUT2D eigenvalue weighted by Gasteiger charge is -2.54. The van der Waals surface area contributed by atoms with Gasteiger partial charge in [0.05, 0.1) is 17.5 Å². The lowest BCUT2D eigenvalue weighted by atomic mass is 9.72. The van der Waals surface area contributed by atoms with E-state index in [1.165, 1.54) is 18.3 Å². The summed E-state index contributed by atoms with van der Waals surface area (Å²) < 4.78 is 0. The van der Waals surface area contributed by atoms with E-state index in [2.05, 4.69) is 24.1 Å². The molecule has 5 nitrogen and oxygen atoms in total. The van der Waals surface area contributed by atoms with Crippen molar-refractivity contribution in [3.05, 3.63) is 52.0 Å². The summed E-state index contributed by atoms with van der Waals surface area (Å²) >= 11 is 1.44. The van der Waals surface area contributed by atoms with E-state index in [9.17, 15) is 9.59 Å². The second-order valence-electron chi connectivity index (χ2n) is 6.79. The highest BCUT2D eigenvalue weighted by Crippen LogP contribution is 2.48. The summed E-state index contributed by atoms with van der Waals surface area (Å²) in [5.74, 6) is -0.0281. The Morgan fingerprint density at radius 1 is 1.38 bits per heavy atom. The van der Waals surface area contributed by atoms with Crippen LogP contribution in [0.5, 0.6) is 0 Å². The molecule has 3 rings (SSSR count). The largest absolute Gasteiger partial charge is 0.351 e. The van der Waals surface area contributed by atoms with Gasteiger partial charge in [-0.25, -0.2) is 0 Å². The molecule has 24 heavy (non-hydrogen) atoms. The molecule has 1 unspecified atom stereocenters. The third-order valence-corrected chi connectivity index (χ3v) is 5.35. The van der Waals surface area contributed by atoms with Crippen LogP contribution in [0.2, 0.25) is 0 Å². The molecule has 2 aromatic heterocycles. The fraction of sp³-hybridized carbons (Fsp3) is 0.389. The van der Waals surface area contributed by atoms with Gasteiger partial charge in [-0.05, 0) is 23.8 Å². The fourth-order valence-corrected chi connectivity index (χ4v) is 4.13. The van der Waals surface area contributed by atoms with Gasteiger partial charge < -0.3 is 10.2 Å². The lowest BCUT2D eigenvalue weighted by Crippen LogP contribution is -2.57. The Balaban J connectivity index is 1.76. The summed E-state index contributed by atoms with van der Waals surface area (Å²) in [7, 11) is 0. The Bertz CT molecular complexity index is 755. The molecule has 1 fully saturated rings.